The van der Waals surface area contributed by atoms with Crippen LogP contribution in [0, 0.1) is 5.92 Å². The van der Waals surface area contributed by atoms with E-state index in [2.05, 4.69) is 5.32 Å². The van der Waals surface area contributed by atoms with Crippen LogP contribution < -0.4 is 14.8 Å². The van der Waals surface area contributed by atoms with Gasteiger partial charge in [0.1, 0.15) is 11.7 Å². The van der Waals surface area contributed by atoms with Gasteiger partial charge in [-0.05, 0) is 57.0 Å². The second-order valence-corrected chi connectivity index (χ2v) is 8.74. The first-order chi connectivity index (χ1) is 17.4. The summed E-state index contributed by atoms with van der Waals surface area (Å²) in [7, 11) is 0. The minimum absolute atomic E-state index is 0.0905. The molecule has 1 aromatic heterocycles. The molecule has 9 heteroatoms. The van der Waals surface area contributed by atoms with Crippen LogP contribution in [0.4, 0.5) is 0 Å². The minimum atomic E-state index is -1.12. The van der Waals surface area contributed by atoms with E-state index in [0.29, 0.717) is 51.8 Å². The highest BCUT2D eigenvalue weighted by Gasteiger charge is 2.50. The third-order valence-corrected chi connectivity index (χ3v) is 6.69. The van der Waals surface area contributed by atoms with E-state index in [1.807, 2.05) is 0 Å². The molecular weight excluding hydrogens is 466 g/mol. The number of allylic oxidation sites excluding steroid dienone is 3. The van der Waals surface area contributed by atoms with Crippen LogP contribution >= 0.6 is 0 Å². The zero-order valence-electron chi connectivity index (χ0n) is 20.3. The number of ketones is 1. The molecule has 1 aliphatic carbocycles. The Morgan fingerprint density at radius 1 is 1.08 bits per heavy atom. The molecule has 2 aromatic rings. The monoisotopic (exact) mass is 493 g/mol. The highest BCUT2D eigenvalue weighted by Crippen LogP contribution is 2.49. The Hall–Kier alpha value is -4.01. The van der Waals surface area contributed by atoms with Crippen LogP contribution in [0.1, 0.15) is 50.4 Å². The number of nitrogens with one attached hydrogen (secondary N) is 1. The zero-order chi connectivity index (χ0) is 25.4. The van der Waals surface area contributed by atoms with Crippen molar-refractivity contribution in [2.75, 3.05) is 20.0 Å². The number of hydrogen-bond acceptors (Lipinski definition) is 9. The highest BCUT2D eigenvalue weighted by molar-refractivity contribution is 6.13. The molecule has 0 saturated heterocycles. The summed E-state index contributed by atoms with van der Waals surface area (Å²) in [5, 5.41) is 3.26. The van der Waals surface area contributed by atoms with Crippen molar-refractivity contribution in [2.24, 2.45) is 5.92 Å². The normalized spacial score (nSPS) is 22.8. The molecule has 0 fully saturated rings. The molecule has 0 unspecified atom stereocenters. The van der Waals surface area contributed by atoms with Crippen molar-refractivity contribution in [3.8, 4) is 11.5 Å². The van der Waals surface area contributed by atoms with Crippen molar-refractivity contribution in [1.29, 1.82) is 0 Å². The molecule has 0 spiro atoms. The maximum atomic E-state index is 14.2. The third-order valence-electron chi connectivity index (χ3n) is 6.69. The topological polar surface area (TPSA) is 113 Å². The highest BCUT2D eigenvalue weighted by atomic mass is 16.7. The van der Waals surface area contributed by atoms with Crippen LogP contribution in [0.3, 0.4) is 0 Å². The van der Waals surface area contributed by atoms with Gasteiger partial charge in [0.25, 0.3) is 0 Å². The summed E-state index contributed by atoms with van der Waals surface area (Å²) in [5.41, 5.74) is 2.51. The summed E-state index contributed by atoms with van der Waals surface area (Å²) >= 11 is 0. The van der Waals surface area contributed by atoms with Crippen molar-refractivity contribution >= 4 is 17.7 Å². The molecule has 1 N–H and O–H groups in total. The summed E-state index contributed by atoms with van der Waals surface area (Å²) < 4.78 is 27.3. The first-order valence-corrected chi connectivity index (χ1v) is 12.0. The molecule has 0 saturated carbocycles. The summed E-state index contributed by atoms with van der Waals surface area (Å²) in [6, 6.07) is 8.78. The summed E-state index contributed by atoms with van der Waals surface area (Å²) in [6.45, 7) is 5.60. The second kappa shape index (κ2) is 9.56. The number of Topliss-reactive ketones (excluding diaryl/α,β-unsaturated/α-hetero) is 1. The molecule has 3 aliphatic rings. The van der Waals surface area contributed by atoms with E-state index < -0.39 is 35.5 Å². The van der Waals surface area contributed by atoms with Gasteiger partial charge in [-0.25, -0.2) is 4.79 Å². The Morgan fingerprint density at radius 2 is 1.86 bits per heavy atom. The van der Waals surface area contributed by atoms with E-state index in [4.69, 9.17) is 23.4 Å². The number of fused-ring (bicyclic) bond motifs is 1. The standard InChI is InChI=1S/C27H27NO8/c1-4-32-26(30)21-14(3)28-17-12-16(18-7-6-10-34-18)23(27(31)33-5-2)25(29)24(17)22(21)15-8-9-19-20(11-15)36-13-35-19/h6-11,16,22-23,28H,4-5,12-13H2,1-3H3/t16-,22-,23+/m0/s1. The SMILES string of the molecule is CCOC(=O)C1=C(C)NC2=C(C(=O)[C@H](C(=O)OCC)[C@H](c3ccco3)C2)[C@H]1c1ccc2c(c1)OCO2. The van der Waals surface area contributed by atoms with Crippen LogP contribution in [0.5, 0.6) is 11.5 Å². The number of carbonyl (C=O) groups is 3. The number of furan rings is 1. The van der Waals surface area contributed by atoms with Crippen molar-refractivity contribution in [1.82, 2.24) is 5.32 Å². The third kappa shape index (κ3) is 3.94. The molecule has 3 heterocycles. The van der Waals surface area contributed by atoms with Gasteiger partial charge in [-0.3, -0.25) is 9.59 Å². The lowest BCUT2D eigenvalue weighted by atomic mass is 9.68. The molecule has 0 radical (unpaired) electrons. The fourth-order valence-corrected chi connectivity index (χ4v) is 5.21. The molecule has 188 valence electrons. The lowest BCUT2D eigenvalue weighted by Gasteiger charge is -2.38. The maximum Gasteiger partial charge on any atom is 0.336 e. The Kier molecular flexibility index (Phi) is 6.30. The van der Waals surface area contributed by atoms with Crippen molar-refractivity contribution in [3.63, 3.8) is 0 Å². The van der Waals surface area contributed by atoms with Crippen molar-refractivity contribution < 1.29 is 37.7 Å². The molecule has 0 amide bonds. The first kappa shape index (κ1) is 23.7. The number of dihydropyridines is 1. The van der Waals surface area contributed by atoms with E-state index in [9.17, 15) is 14.4 Å². The number of rotatable bonds is 6. The predicted molar refractivity (Wildman–Crippen MR) is 126 cm³/mol. The molecule has 1 aromatic carbocycles. The first-order valence-electron chi connectivity index (χ1n) is 12.0. The fourth-order valence-electron chi connectivity index (χ4n) is 5.21. The minimum Gasteiger partial charge on any atom is -0.469 e. The molecule has 3 atom stereocenters. The van der Waals surface area contributed by atoms with Gasteiger partial charge in [0, 0.05) is 28.8 Å². The Balaban J connectivity index is 1.67. The van der Waals surface area contributed by atoms with Crippen molar-refractivity contribution in [2.45, 2.75) is 39.0 Å². The molecule has 9 nitrogen and oxygen atoms in total. The molecule has 2 aliphatic heterocycles. The van der Waals surface area contributed by atoms with Gasteiger partial charge in [0.15, 0.2) is 17.3 Å². The average Bonchev–Trinajstić information content (AvgIpc) is 3.55. The molecule has 5 rings (SSSR count). The fraction of sp³-hybridized carbons (Fsp3) is 0.370. The van der Waals surface area contributed by atoms with E-state index in [-0.39, 0.29) is 20.0 Å². The van der Waals surface area contributed by atoms with Gasteiger partial charge < -0.3 is 28.7 Å². The molecular formula is C27H27NO8. The number of benzene rings is 1. The quantitative estimate of drug-likeness (QED) is 0.475. The lowest BCUT2D eigenvalue weighted by molar-refractivity contribution is -0.152. The summed E-state index contributed by atoms with van der Waals surface area (Å²) in [4.78, 5) is 40.4. The van der Waals surface area contributed by atoms with Crippen LogP contribution in [-0.4, -0.2) is 37.7 Å². The maximum absolute atomic E-state index is 14.2. The van der Waals surface area contributed by atoms with Gasteiger partial charge in [-0.15, -0.1) is 0 Å². The molecule has 36 heavy (non-hydrogen) atoms. The van der Waals surface area contributed by atoms with Crippen LogP contribution in [0.15, 0.2) is 63.6 Å². The van der Waals surface area contributed by atoms with E-state index in [1.54, 1.807) is 51.1 Å². The zero-order valence-corrected chi connectivity index (χ0v) is 20.3. The summed E-state index contributed by atoms with van der Waals surface area (Å²) in [6.07, 6.45) is 1.84. The van der Waals surface area contributed by atoms with Gasteiger partial charge in [-0.2, -0.15) is 0 Å². The van der Waals surface area contributed by atoms with Crippen molar-refractivity contribution in [3.05, 3.63) is 70.5 Å². The lowest BCUT2D eigenvalue weighted by Crippen LogP contribution is -2.43. The second-order valence-electron chi connectivity index (χ2n) is 8.74. The smallest absolute Gasteiger partial charge is 0.336 e. The Bertz CT molecular complexity index is 1270. The van der Waals surface area contributed by atoms with E-state index >= 15 is 0 Å². The largest absolute Gasteiger partial charge is 0.469 e. The van der Waals surface area contributed by atoms with E-state index in [1.165, 1.54) is 6.26 Å². The Labute approximate surface area is 208 Å². The number of carbonyl (C=O) groups excluding carboxylic acids is 3. The molecule has 0 bridgehead atoms. The number of hydrogen-bond donors (Lipinski definition) is 1. The van der Waals surface area contributed by atoms with Gasteiger partial charge in [0.05, 0.1) is 25.1 Å². The van der Waals surface area contributed by atoms with Crippen LogP contribution in [-0.2, 0) is 23.9 Å². The van der Waals surface area contributed by atoms with Crippen LogP contribution in [0.2, 0.25) is 0 Å². The van der Waals surface area contributed by atoms with Crippen LogP contribution in [0.25, 0.3) is 0 Å². The Morgan fingerprint density at radius 3 is 2.58 bits per heavy atom. The summed E-state index contributed by atoms with van der Waals surface area (Å²) in [5.74, 6) is -2.38. The number of esters is 2. The van der Waals surface area contributed by atoms with Gasteiger partial charge in [-0.1, -0.05) is 6.07 Å². The predicted octanol–water partition coefficient (Wildman–Crippen LogP) is 3.72. The number of ether oxygens (including phenoxy) is 4. The average molecular weight is 494 g/mol. The van der Waals surface area contributed by atoms with Gasteiger partial charge >= 0.3 is 11.9 Å². The van der Waals surface area contributed by atoms with E-state index in [0.717, 1.165) is 0 Å². The van der Waals surface area contributed by atoms with Gasteiger partial charge in [0.2, 0.25) is 6.79 Å².